The van der Waals surface area contributed by atoms with Crippen molar-refractivity contribution >= 4 is 11.6 Å². The van der Waals surface area contributed by atoms with Crippen molar-refractivity contribution in [1.29, 1.82) is 0 Å². The maximum absolute atomic E-state index is 11.9. The Bertz CT molecular complexity index is 454. The second-order valence-corrected chi connectivity index (χ2v) is 5.00. The molecule has 0 bridgehead atoms. The van der Waals surface area contributed by atoms with Crippen LogP contribution in [-0.4, -0.2) is 12.5 Å². The first-order valence-corrected chi connectivity index (χ1v) is 7.04. The molecule has 1 aliphatic carbocycles. The van der Waals surface area contributed by atoms with Gasteiger partial charge in [-0.1, -0.05) is 31.2 Å². The lowest BCUT2D eigenvalue weighted by Gasteiger charge is -2.10. The number of nitrogens with one attached hydrogen (secondary N) is 2. The molecule has 0 fully saturated rings. The fraction of sp³-hybridized carbons (Fsp3) is 0.438. The number of carbonyl (C=O) groups excluding carboxylic acids is 1. The molecule has 1 aliphatic rings. The molecule has 0 aliphatic heterocycles. The molecule has 1 aromatic rings. The van der Waals surface area contributed by atoms with E-state index in [2.05, 4.69) is 35.8 Å². The Morgan fingerprint density at radius 3 is 3.05 bits per heavy atom. The van der Waals surface area contributed by atoms with E-state index in [0.717, 1.165) is 31.6 Å². The summed E-state index contributed by atoms with van der Waals surface area (Å²) >= 11 is 0. The third kappa shape index (κ3) is 4.52. The second-order valence-electron chi connectivity index (χ2n) is 5.00. The van der Waals surface area contributed by atoms with Gasteiger partial charge in [0.2, 0.25) is 5.91 Å². The van der Waals surface area contributed by atoms with Crippen LogP contribution in [0.3, 0.4) is 0 Å². The zero-order valence-corrected chi connectivity index (χ0v) is 11.5. The van der Waals surface area contributed by atoms with Crippen LogP contribution in [0, 0.1) is 5.92 Å². The summed E-state index contributed by atoms with van der Waals surface area (Å²) in [5.74, 6) is 0.530. The van der Waals surface area contributed by atoms with Crippen LogP contribution in [0.2, 0.25) is 0 Å². The third-order valence-corrected chi connectivity index (χ3v) is 3.35. The maximum atomic E-state index is 11.9. The van der Waals surface area contributed by atoms with E-state index in [1.54, 1.807) is 0 Å². The van der Waals surface area contributed by atoms with E-state index in [-0.39, 0.29) is 5.91 Å². The first-order chi connectivity index (χ1) is 9.28. The van der Waals surface area contributed by atoms with Gasteiger partial charge in [-0.05, 0) is 43.0 Å². The van der Waals surface area contributed by atoms with Crippen LogP contribution in [0.1, 0.15) is 31.7 Å². The molecule has 2 rings (SSSR count). The van der Waals surface area contributed by atoms with Crippen LogP contribution in [0.25, 0.3) is 0 Å². The van der Waals surface area contributed by atoms with Crippen LogP contribution in [0.4, 0.5) is 5.69 Å². The van der Waals surface area contributed by atoms with Crippen LogP contribution >= 0.6 is 0 Å². The lowest BCUT2D eigenvalue weighted by Crippen LogP contribution is -2.15. The van der Waals surface area contributed by atoms with Gasteiger partial charge in [0.1, 0.15) is 0 Å². The van der Waals surface area contributed by atoms with Crippen molar-refractivity contribution in [2.24, 2.45) is 5.92 Å². The number of hydrogen-bond donors (Lipinski definition) is 2. The van der Waals surface area contributed by atoms with Gasteiger partial charge >= 0.3 is 0 Å². The summed E-state index contributed by atoms with van der Waals surface area (Å²) in [6.45, 7) is 3.87. The lowest BCUT2D eigenvalue weighted by molar-refractivity contribution is -0.116. The molecule has 3 heteroatoms. The molecule has 0 saturated heterocycles. The number of hydrogen-bond acceptors (Lipinski definition) is 2. The van der Waals surface area contributed by atoms with Crippen LogP contribution < -0.4 is 10.6 Å². The van der Waals surface area contributed by atoms with Crippen molar-refractivity contribution in [3.63, 3.8) is 0 Å². The third-order valence-electron chi connectivity index (χ3n) is 3.35. The maximum Gasteiger partial charge on any atom is 0.224 e. The molecular weight excluding hydrogens is 236 g/mol. The van der Waals surface area contributed by atoms with Gasteiger partial charge < -0.3 is 10.6 Å². The van der Waals surface area contributed by atoms with Crippen LogP contribution in [-0.2, 0) is 11.3 Å². The summed E-state index contributed by atoms with van der Waals surface area (Å²) in [5, 5.41) is 6.27. The van der Waals surface area contributed by atoms with Gasteiger partial charge in [0, 0.05) is 18.7 Å². The molecule has 1 unspecified atom stereocenters. The zero-order chi connectivity index (χ0) is 13.5. The average Bonchev–Trinajstić information content (AvgIpc) is 2.89. The summed E-state index contributed by atoms with van der Waals surface area (Å²) < 4.78 is 0. The molecule has 0 aromatic heterocycles. The van der Waals surface area contributed by atoms with Gasteiger partial charge in [-0.15, -0.1) is 0 Å². The summed E-state index contributed by atoms with van der Waals surface area (Å²) in [7, 11) is 0. The standard InChI is InChI=1S/C16H22N2O/c1-2-17-12-14-8-5-9-15(10-14)18-16(19)11-13-6-3-4-7-13/h3,5-6,8-10,13,17H,2,4,7,11-12H2,1H3,(H,18,19). The Morgan fingerprint density at radius 2 is 2.32 bits per heavy atom. The fourth-order valence-corrected chi connectivity index (χ4v) is 2.34. The van der Waals surface area contributed by atoms with Crippen LogP contribution in [0.15, 0.2) is 36.4 Å². The van der Waals surface area contributed by atoms with Gasteiger partial charge in [-0.2, -0.15) is 0 Å². The second kappa shape index (κ2) is 7.10. The molecule has 0 spiro atoms. The largest absolute Gasteiger partial charge is 0.326 e. The zero-order valence-electron chi connectivity index (χ0n) is 11.5. The molecule has 102 valence electrons. The van der Waals surface area contributed by atoms with Crippen molar-refractivity contribution in [3.8, 4) is 0 Å². The number of anilines is 1. The quantitative estimate of drug-likeness (QED) is 0.770. The Labute approximate surface area is 115 Å². The van der Waals surface area contributed by atoms with Gasteiger partial charge in [0.05, 0.1) is 0 Å². The molecule has 0 saturated carbocycles. The van der Waals surface area contributed by atoms with E-state index in [0.29, 0.717) is 12.3 Å². The Morgan fingerprint density at radius 1 is 1.42 bits per heavy atom. The van der Waals surface area contributed by atoms with E-state index in [4.69, 9.17) is 0 Å². The van der Waals surface area contributed by atoms with E-state index in [9.17, 15) is 4.79 Å². The summed E-state index contributed by atoms with van der Waals surface area (Å²) in [6, 6.07) is 8.03. The molecule has 0 heterocycles. The first kappa shape index (κ1) is 13.8. The molecule has 1 atom stereocenters. The molecule has 2 N–H and O–H groups in total. The smallest absolute Gasteiger partial charge is 0.224 e. The molecule has 3 nitrogen and oxygen atoms in total. The molecule has 19 heavy (non-hydrogen) atoms. The predicted octanol–water partition coefficient (Wildman–Crippen LogP) is 3.09. The summed E-state index contributed by atoms with van der Waals surface area (Å²) in [6.07, 6.45) is 7.12. The highest BCUT2D eigenvalue weighted by atomic mass is 16.1. The highest BCUT2D eigenvalue weighted by Gasteiger charge is 2.13. The Hall–Kier alpha value is -1.61. The minimum atomic E-state index is 0.108. The first-order valence-electron chi connectivity index (χ1n) is 7.04. The fourth-order valence-electron chi connectivity index (χ4n) is 2.34. The highest BCUT2D eigenvalue weighted by molar-refractivity contribution is 5.91. The summed E-state index contributed by atoms with van der Waals surface area (Å²) in [5.41, 5.74) is 2.09. The van der Waals surface area contributed by atoms with E-state index >= 15 is 0 Å². The Balaban J connectivity index is 1.87. The molecule has 0 radical (unpaired) electrons. The molecule has 1 amide bonds. The monoisotopic (exact) mass is 258 g/mol. The average molecular weight is 258 g/mol. The molecule has 1 aromatic carbocycles. The van der Waals surface area contributed by atoms with Crippen molar-refractivity contribution in [3.05, 3.63) is 42.0 Å². The van der Waals surface area contributed by atoms with Crippen molar-refractivity contribution in [2.75, 3.05) is 11.9 Å². The lowest BCUT2D eigenvalue weighted by atomic mass is 10.0. The number of amides is 1. The van der Waals surface area contributed by atoms with Gasteiger partial charge in [0.15, 0.2) is 0 Å². The highest BCUT2D eigenvalue weighted by Crippen LogP contribution is 2.21. The SMILES string of the molecule is CCNCc1cccc(NC(=O)CC2C=CCC2)c1. The topological polar surface area (TPSA) is 41.1 Å². The number of benzene rings is 1. The predicted molar refractivity (Wildman–Crippen MR) is 78.9 cm³/mol. The van der Waals surface area contributed by atoms with Crippen molar-refractivity contribution < 1.29 is 4.79 Å². The van der Waals surface area contributed by atoms with Gasteiger partial charge in [-0.25, -0.2) is 0 Å². The van der Waals surface area contributed by atoms with Crippen molar-refractivity contribution in [2.45, 2.75) is 32.7 Å². The van der Waals surface area contributed by atoms with E-state index in [1.807, 2.05) is 18.2 Å². The van der Waals surface area contributed by atoms with E-state index < -0.39 is 0 Å². The number of allylic oxidation sites excluding steroid dienone is 2. The number of carbonyl (C=O) groups is 1. The minimum Gasteiger partial charge on any atom is -0.326 e. The minimum absolute atomic E-state index is 0.108. The molecular formula is C16H22N2O. The Kier molecular flexibility index (Phi) is 5.16. The van der Waals surface area contributed by atoms with Gasteiger partial charge in [0.25, 0.3) is 0 Å². The number of rotatable bonds is 6. The van der Waals surface area contributed by atoms with Gasteiger partial charge in [-0.3, -0.25) is 4.79 Å². The van der Waals surface area contributed by atoms with Crippen LogP contribution in [0.5, 0.6) is 0 Å². The normalized spacial score (nSPS) is 17.6. The van der Waals surface area contributed by atoms with E-state index in [1.165, 1.54) is 5.56 Å². The van der Waals surface area contributed by atoms with Crippen molar-refractivity contribution in [1.82, 2.24) is 5.32 Å². The summed E-state index contributed by atoms with van der Waals surface area (Å²) in [4.78, 5) is 11.9.